The van der Waals surface area contributed by atoms with Gasteiger partial charge in [0.25, 0.3) is 0 Å². The summed E-state index contributed by atoms with van der Waals surface area (Å²) in [6, 6.07) is 12.1. The average molecular weight is 247 g/mol. The van der Waals surface area contributed by atoms with Crippen molar-refractivity contribution in [3.63, 3.8) is 0 Å². The van der Waals surface area contributed by atoms with Crippen molar-refractivity contribution >= 4 is 17.4 Å². The SMILES string of the molecule is Cc1cc(Cl)c(NCc2ccccc2)nc1C. The van der Waals surface area contributed by atoms with Gasteiger partial charge in [0.2, 0.25) is 0 Å². The van der Waals surface area contributed by atoms with Crippen LogP contribution in [0.25, 0.3) is 0 Å². The van der Waals surface area contributed by atoms with E-state index in [2.05, 4.69) is 22.4 Å². The number of rotatable bonds is 3. The normalized spacial score (nSPS) is 10.3. The first-order valence-electron chi connectivity index (χ1n) is 5.58. The molecule has 3 heteroatoms. The van der Waals surface area contributed by atoms with Crippen LogP contribution in [0.15, 0.2) is 36.4 Å². The summed E-state index contributed by atoms with van der Waals surface area (Å²) in [5.41, 5.74) is 3.33. The quantitative estimate of drug-likeness (QED) is 0.887. The molecule has 0 aliphatic rings. The van der Waals surface area contributed by atoms with E-state index in [1.807, 2.05) is 38.1 Å². The van der Waals surface area contributed by atoms with E-state index in [9.17, 15) is 0 Å². The first kappa shape index (κ1) is 11.9. The maximum Gasteiger partial charge on any atom is 0.145 e. The van der Waals surface area contributed by atoms with Crippen molar-refractivity contribution in [1.82, 2.24) is 4.98 Å². The zero-order valence-corrected chi connectivity index (χ0v) is 10.8. The molecule has 88 valence electrons. The van der Waals surface area contributed by atoms with Gasteiger partial charge in [-0.3, -0.25) is 0 Å². The summed E-state index contributed by atoms with van der Waals surface area (Å²) in [6.07, 6.45) is 0. The van der Waals surface area contributed by atoms with E-state index < -0.39 is 0 Å². The highest BCUT2D eigenvalue weighted by Crippen LogP contribution is 2.22. The Morgan fingerprint density at radius 2 is 1.88 bits per heavy atom. The Kier molecular flexibility index (Phi) is 3.64. The van der Waals surface area contributed by atoms with Crippen LogP contribution in [0, 0.1) is 13.8 Å². The molecule has 1 heterocycles. The van der Waals surface area contributed by atoms with Crippen molar-refractivity contribution in [2.24, 2.45) is 0 Å². The smallest absolute Gasteiger partial charge is 0.145 e. The molecule has 1 aromatic carbocycles. The summed E-state index contributed by atoms with van der Waals surface area (Å²) in [4.78, 5) is 4.44. The van der Waals surface area contributed by atoms with Gasteiger partial charge in [-0.05, 0) is 31.0 Å². The Morgan fingerprint density at radius 3 is 2.59 bits per heavy atom. The molecular weight excluding hydrogens is 232 g/mol. The third-order valence-corrected chi connectivity index (χ3v) is 3.01. The molecule has 1 N–H and O–H groups in total. The fraction of sp³-hybridized carbons (Fsp3) is 0.214. The zero-order chi connectivity index (χ0) is 12.3. The van der Waals surface area contributed by atoms with E-state index in [4.69, 9.17) is 11.6 Å². The van der Waals surface area contributed by atoms with Crippen LogP contribution >= 0.6 is 11.6 Å². The number of benzene rings is 1. The van der Waals surface area contributed by atoms with Gasteiger partial charge in [0, 0.05) is 12.2 Å². The summed E-state index contributed by atoms with van der Waals surface area (Å²) in [6.45, 7) is 4.73. The predicted octanol–water partition coefficient (Wildman–Crippen LogP) is 3.96. The van der Waals surface area contributed by atoms with Gasteiger partial charge in [0.15, 0.2) is 0 Å². The van der Waals surface area contributed by atoms with Crippen molar-refractivity contribution < 1.29 is 0 Å². The second-order valence-corrected chi connectivity index (χ2v) is 4.47. The maximum absolute atomic E-state index is 6.14. The Balaban J connectivity index is 2.12. The minimum atomic E-state index is 0.670. The first-order valence-corrected chi connectivity index (χ1v) is 5.96. The molecule has 0 atom stereocenters. The summed E-state index contributed by atoms with van der Waals surface area (Å²) in [7, 11) is 0. The fourth-order valence-corrected chi connectivity index (χ4v) is 1.85. The van der Waals surface area contributed by atoms with E-state index >= 15 is 0 Å². The molecule has 0 saturated carbocycles. The van der Waals surface area contributed by atoms with E-state index in [1.54, 1.807) is 0 Å². The standard InChI is InChI=1S/C14H15ClN2/c1-10-8-13(15)14(17-11(10)2)16-9-12-6-4-3-5-7-12/h3-8H,9H2,1-2H3,(H,16,17). The van der Waals surface area contributed by atoms with Crippen molar-refractivity contribution in [3.8, 4) is 0 Å². The van der Waals surface area contributed by atoms with Gasteiger partial charge in [-0.15, -0.1) is 0 Å². The van der Waals surface area contributed by atoms with Crippen LogP contribution in [0.2, 0.25) is 5.02 Å². The third-order valence-electron chi connectivity index (χ3n) is 2.72. The van der Waals surface area contributed by atoms with Crippen molar-refractivity contribution in [2.45, 2.75) is 20.4 Å². The van der Waals surface area contributed by atoms with E-state index in [-0.39, 0.29) is 0 Å². The average Bonchev–Trinajstić information content (AvgIpc) is 2.33. The Labute approximate surface area is 107 Å². The van der Waals surface area contributed by atoms with Crippen LogP contribution in [0.4, 0.5) is 5.82 Å². The number of nitrogens with one attached hydrogen (secondary N) is 1. The van der Waals surface area contributed by atoms with Crippen LogP contribution < -0.4 is 5.32 Å². The number of pyridine rings is 1. The van der Waals surface area contributed by atoms with Gasteiger partial charge in [0.05, 0.1) is 5.02 Å². The molecule has 0 bridgehead atoms. The van der Waals surface area contributed by atoms with Crippen molar-refractivity contribution in [1.29, 1.82) is 0 Å². The van der Waals surface area contributed by atoms with Crippen molar-refractivity contribution in [2.75, 3.05) is 5.32 Å². The van der Waals surface area contributed by atoms with Gasteiger partial charge >= 0.3 is 0 Å². The molecule has 0 amide bonds. The highest BCUT2D eigenvalue weighted by Gasteiger charge is 2.04. The van der Waals surface area contributed by atoms with Gasteiger partial charge < -0.3 is 5.32 Å². The molecule has 0 fully saturated rings. The zero-order valence-electron chi connectivity index (χ0n) is 10.00. The van der Waals surface area contributed by atoms with Gasteiger partial charge in [-0.2, -0.15) is 0 Å². The summed E-state index contributed by atoms with van der Waals surface area (Å²) >= 11 is 6.14. The van der Waals surface area contributed by atoms with Gasteiger partial charge in [0.1, 0.15) is 5.82 Å². The first-order chi connectivity index (χ1) is 8.16. The molecule has 0 saturated heterocycles. The van der Waals surface area contributed by atoms with Crippen molar-refractivity contribution in [3.05, 3.63) is 58.2 Å². The molecule has 2 aromatic rings. The molecule has 2 rings (SSSR count). The Bertz CT molecular complexity index is 509. The molecule has 2 nitrogen and oxygen atoms in total. The molecule has 0 aliphatic heterocycles. The lowest BCUT2D eigenvalue weighted by molar-refractivity contribution is 1.07. The van der Waals surface area contributed by atoms with Crippen LogP contribution in [0.5, 0.6) is 0 Å². The van der Waals surface area contributed by atoms with Crippen LogP contribution in [-0.2, 0) is 6.54 Å². The molecule has 0 unspecified atom stereocenters. The molecule has 1 aromatic heterocycles. The fourth-order valence-electron chi connectivity index (χ4n) is 1.58. The van der Waals surface area contributed by atoms with Crippen LogP contribution in [-0.4, -0.2) is 4.98 Å². The lowest BCUT2D eigenvalue weighted by Crippen LogP contribution is -2.03. The molecule has 0 radical (unpaired) electrons. The monoisotopic (exact) mass is 246 g/mol. The number of halogens is 1. The molecule has 17 heavy (non-hydrogen) atoms. The third kappa shape index (κ3) is 2.98. The van der Waals surface area contributed by atoms with E-state index in [1.165, 1.54) is 5.56 Å². The van der Waals surface area contributed by atoms with E-state index in [0.29, 0.717) is 5.02 Å². The highest BCUT2D eigenvalue weighted by atomic mass is 35.5. The number of nitrogens with zero attached hydrogens (tertiary/aromatic N) is 1. The maximum atomic E-state index is 6.14. The predicted molar refractivity (Wildman–Crippen MR) is 72.5 cm³/mol. The number of hydrogen-bond donors (Lipinski definition) is 1. The highest BCUT2D eigenvalue weighted by molar-refractivity contribution is 6.33. The summed E-state index contributed by atoms with van der Waals surface area (Å²) in [5.74, 6) is 0.749. The second-order valence-electron chi connectivity index (χ2n) is 4.06. The lowest BCUT2D eigenvalue weighted by Gasteiger charge is -2.10. The Hall–Kier alpha value is -1.54. The minimum absolute atomic E-state index is 0.670. The van der Waals surface area contributed by atoms with Gasteiger partial charge in [-0.25, -0.2) is 4.98 Å². The molecule has 0 spiro atoms. The molecule has 0 aliphatic carbocycles. The molecular formula is C14H15ClN2. The topological polar surface area (TPSA) is 24.9 Å². The summed E-state index contributed by atoms with van der Waals surface area (Å²) in [5, 5.41) is 3.92. The second kappa shape index (κ2) is 5.19. The van der Waals surface area contributed by atoms with Gasteiger partial charge in [-0.1, -0.05) is 41.9 Å². The summed E-state index contributed by atoms with van der Waals surface area (Å²) < 4.78 is 0. The number of hydrogen-bond acceptors (Lipinski definition) is 2. The number of aryl methyl sites for hydroxylation is 2. The Morgan fingerprint density at radius 1 is 1.18 bits per heavy atom. The largest absolute Gasteiger partial charge is 0.365 e. The van der Waals surface area contributed by atoms with Crippen LogP contribution in [0.1, 0.15) is 16.8 Å². The number of aromatic nitrogens is 1. The minimum Gasteiger partial charge on any atom is -0.365 e. The van der Waals surface area contributed by atoms with E-state index in [0.717, 1.165) is 23.6 Å². The van der Waals surface area contributed by atoms with Crippen LogP contribution in [0.3, 0.4) is 0 Å². The lowest BCUT2D eigenvalue weighted by atomic mass is 10.2. The number of anilines is 1.